The first kappa shape index (κ1) is 15.5. The van der Waals surface area contributed by atoms with Crippen LogP contribution < -0.4 is 15.5 Å². The molecule has 114 valence electrons. The monoisotopic (exact) mass is 301 g/mol. The molecule has 22 heavy (non-hydrogen) atoms. The van der Waals surface area contributed by atoms with E-state index in [1.807, 2.05) is 31.1 Å². The summed E-state index contributed by atoms with van der Waals surface area (Å²) >= 11 is 0. The minimum Gasteiger partial charge on any atom is -0.378 e. The molecular formula is C16H16FN3O2. The second-order valence-electron chi connectivity index (χ2n) is 4.86. The number of rotatable bonds is 3. The first-order valence-corrected chi connectivity index (χ1v) is 6.61. The predicted octanol–water partition coefficient (Wildman–Crippen LogP) is 2.47. The van der Waals surface area contributed by atoms with Gasteiger partial charge in [0.2, 0.25) is 0 Å². The van der Waals surface area contributed by atoms with E-state index >= 15 is 0 Å². The Morgan fingerprint density at radius 2 is 1.50 bits per heavy atom. The minimum atomic E-state index is -0.859. The fourth-order valence-electron chi connectivity index (χ4n) is 1.78. The summed E-state index contributed by atoms with van der Waals surface area (Å²) < 4.78 is 13.0. The number of anilines is 3. The summed E-state index contributed by atoms with van der Waals surface area (Å²) in [6.07, 6.45) is 0. The topological polar surface area (TPSA) is 61.4 Å². The average molecular weight is 301 g/mol. The van der Waals surface area contributed by atoms with Crippen molar-refractivity contribution in [2.75, 3.05) is 29.6 Å². The molecule has 2 amide bonds. The Hall–Kier alpha value is -2.89. The lowest BCUT2D eigenvalue weighted by Gasteiger charge is -2.13. The van der Waals surface area contributed by atoms with E-state index in [-0.39, 0.29) is 5.69 Å². The SMILES string of the molecule is CN(C)c1ccc(NC(=O)C(=O)Nc2cccc(F)c2)cc1. The Morgan fingerprint density at radius 3 is 2.05 bits per heavy atom. The Labute approximate surface area is 127 Å². The van der Waals surface area contributed by atoms with Gasteiger partial charge in [0.1, 0.15) is 5.82 Å². The summed E-state index contributed by atoms with van der Waals surface area (Å²) in [5.41, 5.74) is 1.70. The van der Waals surface area contributed by atoms with Crippen molar-refractivity contribution in [1.82, 2.24) is 0 Å². The normalized spacial score (nSPS) is 9.95. The van der Waals surface area contributed by atoms with Gasteiger partial charge in [-0.25, -0.2) is 4.39 Å². The molecule has 2 aromatic rings. The van der Waals surface area contributed by atoms with Gasteiger partial charge in [0.15, 0.2) is 0 Å². The zero-order valence-corrected chi connectivity index (χ0v) is 12.3. The standard InChI is InChI=1S/C16H16FN3O2/c1-20(2)14-8-6-12(7-9-14)18-15(21)16(22)19-13-5-3-4-11(17)10-13/h3-10H,1-2H3,(H,18,21)(H,19,22). The summed E-state index contributed by atoms with van der Waals surface area (Å²) in [5, 5.41) is 4.81. The fraction of sp³-hybridized carbons (Fsp3) is 0.125. The van der Waals surface area contributed by atoms with Crippen molar-refractivity contribution in [2.45, 2.75) is 0 Å². The smallest absolute Gasteiger partial charge is 0.314 e. The van der Waals surface area contributed by atoms with Crippen LogP contribution in [0.25, 0.3) is 0 Å². The molecule has 5 nitrogen and oxygen atoms in total. The van der Waals surface area contributed by atoms with Gasteiger partial charge < -0.3 is 15.5 Å². The van der Waals surface area contributed by atoms with E-state index in [0.29, 0.717) is 5.69 Å². The van der Waals surface area contributed by atoms with Crippen LogP contribution in [0, 0.1) is 5.82 Å². The van der Waals surface area contributed by atoms with Gasteiger partial charge in [0.05, 0.1) is 0 Å². The summed E-state index contributed by atoms with van der Waals surface area (Å²) in [4.78, 5) is 25.5. The lowest BCUT2D eigenvalue weighted by molar-refractivity contribution is -0.133. The Morgan fingerprint density at radius 1 is 0.909 bits per heavy atom. The molecule has 0 aliphatic rings. The van der Waals surface area contributed by atoms with Crippen LogP contribution in [0.2, 0.25) is 0 Å². The molecule has 0 saturated heterocycles. The van der Waals surface area contributed by atoms with Crippen molar-refractivity contribution in [3.05, 3.63) is 54.3 Å². The number of nitrogens with zero attached hydrogens (tertiary/aromatic N) is 1. The van der Waals surface area contributed by atoms with Crippen LogP contribution in [0.1, 0.15) is 0 Å². The van der Waals surface area contributed by atoms with Crippen LogP contribution in [0.15, 0.2) is 48.5 Å². The number of nitrogens with one attached hydrogen (secondary N) is 2. The maximum Gasteiger partial charge on any atom is 0.314 e. The third-order valence-corrected chi connectivity index (χ3v) is 2.93. The first-order chi connectivity index (χ1) is 10.5. The Kier molecular flexibility index (Phi) is 4.73. The average Bonchev–Trinajstić information content (AvgIpc) is 2.47. The molecule has 0 radical (unpaired) electrons. The van der Waals surface area contributed by atoms with E-state index in [1.54, 1.807) is 12.1 Å². The number of carbonyl (C=O) groups excluding carboxylic acids is 2. The molecule has 0 unspecified atom stereocenters. The first-order valence-electron chi connectivity index (χ1n) is 6.61. The van der Waals surface area contributed by atoms with Crippen LogP contribution in [0.3, 0.4) is 0 Å². The molecule has 2 aromatic carbocycles. The Balaban J connectivity index is 1.98. The van der Waals surface area contributed by atoms with Gasteiger partial charge in [-0.3, -0.25) is 9.59 Å². The van der Waals surface area contributed by atoms with Crippen molar-refractivity contribution in [2.24, 2.45) is 0 Å². The second-order valence-corrected chi connectivity index (χ2v) is 4.86. The van der Waals surface area contributed by atoms with E-state index in [2.05, 4.69) is 10.6 Å². The van der Waals surface area contributed by atoms with Gasteiger partial charge in [-0.15, -0.1) is 0 Å². The third kappa shape index (κ3) is 4.05. The van der Waals surface area contributed by atoms with Gasteiger partial charge in [-0.05, 0) is 42.5 Å². The largest absolute Gasteiger partial charge is 0.378 e. The van der Waals surface area contributed by atoms with Gasteiger partial charge in [-0.2, -0.15) is 0 Å². The number of hydrogen-bond acceptors (Lipinski definition) is 3. The lowest BCUT2D eigenvalue weighted by atomic mass is 10.2. The molecule has 0 heterocycles. The van der Waals surface area contributed by atoms with E-state index in [0.717, 1.165) is 11.8 Å². The fourth-order valence-corrected chi connectivity index (χ4v) is 1.78. The molecule has 0 fully saturated rings. The van der Waals surface area contributed by atoms with Crippen molar-refractivity contribution in [3.63, 3.8) is 0 Å². The molecule has 0 bridgehead atoms. The zero-order chi connectivity index (χ0) is 16.1. The molecule has 0 aliphatic heterocycles. The molecule has 0 atom stereocenters. The highest BCUT2D eigenvalue weighted by Gasteiger charge is 2.14. The molecule has 0 aromatic heterocycles. The predicted molar refractivity (Wildman–Crippen MR) is 84.4 cm³/mol. The number of halogens is 1. The minimum absolute atomic E-state index is 0.225. The maximum absolute atomic E-state index is 13.0. The number of amides is 2. The van der Waals surface area contributed by atoms with Crippen LogP contribution in [-0.2, 0) is 9.59 Å². The molecule has 0 aliphatic carbocycles. The van der Waals surface area contributed by atoms with Crippen molar-refractivity contribution in [3.8, 4) is 0 Å². The van der Waals surface area contributed by atoms with E-state index < -0.39 is 17.6 Å². The van der Waals surface area contributed by atoms with Gasteiger partial charge in [0.25, 0.3) is 0 Å². The number of carbonyl (C=O) groups is 2. The molecule has 2 N–H and O–H groups in total. The summed E-state index contributed by atoms with van der Waals surface area (Å²) in [6.45, 7) is 0. The quantitative estimate of drug-likeness (QED) is 0.856. The molecular weight excluding hydrogens is 285 g/mol. The van der Waals surface area contributed by atoms with Crippen LogP contribution in [-0.4, -0.2) is 25.9 Å². The van der Waals surface area contributed by atoms with Gasteiger partial charge in [0, 0.05) is 31.2 Å². The molecule has 6 heteroatoms. The van der Waals surface area contributed by atoms with E-state index in [1.165, 1.54) is 18.2 Å². The van der Waals surface area contributed by atoms with Crippen molar-refractivity contribution in [1.29, 1.82) is 0 Å². The van der Waals surface area contributed by atoms with Crippen LogP contribution >= 0.6 is 0 Å². The van der Waals surface area contributed by atoms with E-state index in [4.69, 9.17) is 0 Å². The third-order valence-electron chi connectivity index (χ3n) is 2.93. The molecule has 0 spiro atoms. The summed E-state index contributed by atoms with van der Waals surface area (Å²) in [7, 11) is 3.81. The van der Waals surface area contributed by atoms with Crippen molar-refractivity contribution >= 4 is 28.9 Å². The van der Waals surface area contributed by atoms with Gasteiger partial charge >= 0.3 is 11.8 Å². The van der Waals surface area contributed by atoms with E-state index in [9.17, 15) is 14.0 Å². The van der Waals surface area contributed by atoms with Crippen molar-refractivity contribution < 1.29 is 14.0 Å². The summed E-state index contributed by atoms with van der Waals surface area (Å²) in [6, 6.07) is 12.4. The number of benzene rings is 2. The Bertz CT molecular complexity index is 684. The maximum atomic E-state index is 13.0. The summed E-state index contributed by atoms with van der Waals surface area (Å²) in [5.74, 6) is -2.17. The van der Waals surface area contributed by atoms with Gasteiger partial charge in [-0.1, -0.05) is 6.07 Å². The highest BCUT2D eigenvalue weighted by molar-refractivity contribution is 6.43. The molecule has 0 saturated carbocycles. The van der Waals surface area contributed by atoms with Crippen LogP contribution in [0.5, 0.6) is 0 Å². The lowest BCUT2D eigenvalue weighted by Crippen LogP contribution is -2.29. The number of hydrogen-bond donors (Lipinski definition) is 2. The highest BCUT2D eigenvalue weighted by atomic mass is 19.1. The highest BCUT2D eigenvalue weighted by Crippen LogP contribution is 2.15. The molecule has 2 rings (SSSR count). The second kappa shape index (κ2) is 6.71. The zero-order valence-electron chi connectivity index (χ0n) is 12.3. The van der Waals surface area contributed by atoms with Crippen LogP contribution in [0.4, 0.5) is 21.5 Å².